The maximum absolute atomic E-state index is 14.0. The number of halogens is 1. The van der Waals surface area contributed by atoms with Crippen LogP contribution >= 0.6 is 0 Å². The van der Waals surface area contributed by atoms with Crippen molar-refractivity contribution < 1.29 is 12.8 Å². The number of hydrogen-bond acceptors (Lipinski definition) is 4. The number of rotatable bonds is 4. The molecular formula is C16H15FN4O2S. The Hall–Kier alpha value is -2.74. The smallest absolute Gasteiger partial charge is 0.264 e. The number of sulfonamides is 1. The molecule has 0 aliphatic heterocycles. The third kappa shape index (κ3) is 3.00. The van der Waals surface area contributed by atoms with Crippen LogP contribution in [0.3, 0.4) is 0 Å². The van der Waals surface area contributed by atoms with Gasteiger partial charge in [-0.3, -0.25) is 4.72 Å². The largest absolute Gasteiger partial charge is 0.317 e. The molecule has 8 heteroatoms. The van der Waals surface area contributed by atoms with Gasteiger partial charge in [0.15, 0.2) is 5.82 Å². The van der Waals surface area contributed by atoms with E-state index in [0.29, 0.717) is 22.6 Å². The molecule has 6 nitrogen and oxygen atoms in total. The summed E-state index contributed by atoms with van der Waals surface area (Å²) in [5.41, 5.74) is 1.50. The van der Waals surface area contributed by atoms with Crippen LogP contribution < -0.4 is 4.72 Å². The maximum Gasteiger partial charge on any atom is 0.264 e. The van der Waals surface area contributed by atoms with Gasteiger partial charge in [-0.2, -0.15) is 0 Å². The molecule has 0 aliphatic carbocycles. The van der Waals surface area contributed by atoms with E-state index < -0.39 is 20.7 Å². The van der Waals surface area contributed by atoms with Crippen molar-refractivity contribution in [3.8, 4) is 11.4 Å². The lowest BCUT2D eigenvalue weighted by Crippen LogP contribution is -2.15. The Bertz CT molecular complexity index is 999. The van der Waals surface area contributed by atoms with Gasteiger partial charge < -0.3 is 4.57 Å². The van der Waals surface area contributed by atoms with Crippen molar-refractivity contribution in [3.63, 3.8) is 0 Å². The zero-order chi connectivity index (χ0) is 17.3. The van der Waals surface area contributed by atoms with Gasteiger partial charge in [-0.05, 0) is 36.8 Å². The van der Waals surface area contributed by atoms with Crippen LogP contribution in [0, 0.1) is 12.7 Å². The summed E-state index contributed by atoms with van der Waals surface area (Å²) in [6.07, 6.45) is 1.51. The fourth-order valence-electron chi connectivity index (χ4n) is 2.31. The summed E-state index contributed by atoms with van der Waals surface area (Å²) >= 11 is 0. The van der Waals surface area contributed by atoms with E-state index >= 15 is 0 Å². The SMILES string of the molecule is Cc1ccc(F)c(S(=O)(=O)Nc2ccccc2-c2nncn2C)c1. The van der Waals surface area contributed by atoms with E-state index in [1.54, 1.807) is 42.8 Å². The molecule has 0 bridgehead atoms. The Kier molecular flexibility index (Phi) is 4.06. The molecule has 0 atom stereocenters. The predicted molar refractivity (Wildman–Crippen MR) is 88.4 cm³/mol. The Morgan fingerprint density at radius 1 is 1.17 bits per heavy atom. The van der Waals surface area contributed by atoms with Gasteiger partial charge in [0.05, 0.1) is 5.69 Å². The lowest BCUT2D eigenvalue weighted by Gasteiger charge is -2.13. The topological polar surface area (TPSA) is 76.9 Å². The molecular weight excluding hydrogens is 331 g/mol. The minimum Gasteiger partial charge on any atom is -0.317 e. The average molecular weight is 346 g/mol. The quantitative estimate of drug-likeness (QED) is 0.788. The van der Waals surface area contributed by atoms with E-state index in [4.69, 9.17) is 0 Å². The van der Waals surface area contributed by atoms with Crippen LogP contribution in [0.1, 0.15) is 5.56 Å². The molecule has 1 heterocycles. The molecule has 3 rings (SSSR count). The Morgan fingerprint density at radius 3 is 2.62 bits per heavy atom. The van der Waals surface area contributed by atoms with Gasteiger partial charge in [0.1, 0.15) is 17.0 Å². The zero-order valence-electron chi connectivity index (χ0n) is 13.1. The Balaban J connectivity index is 2.06. The van der Waals surface area contributed by atoms with Gasteiger partial charge in [-0.25, -0.2) is 12.8 Å². The molecule has 0 amide bonds. The first kappa shape index (κ1) is 16.1. The highest BCUT2D eigenvalue weighted by molar-refractivity contribution is 7.92. The molecule has 1 N–H and O–H groups in total. The van der Waals surface area contributed by atoms with E-state index in [2.05, 4.69) is 14.9 Å². The molecule has 0 radical (unpaired) electrons. The normalized spacial score (nSPS) is 11.5. The molecule has 24 heavy (non-hydrogen) atoms. The Labute approximate surface area is 139 Å². The summed E-state index contributed by atoms with van der Waals surface area (Å²) in [5.74, 6) is -0.303. The molecule has 2 aromatic carbocycles. The highest BCUT2D eigenvalue weighted by atomic mass is 32.2. The average Bonchev–Trinajstić information content (AvgIpc) is 2.96. The molecule has 0 saturated heterocycles. The van der Waals surface area contributed by atoms with Crippen LogP contribution in [0.2, 0.25) is 0 Å². The molecule has 0 saturated carbocycles. The number of hydrogen-bond donors (Lipinski definition) is 1. The summed E-state index contributed by atoms with van der Waals surface area (Å²) in [6.45, 7) is 1.70. The van der Waals surface area contributed by atoms with E-state index in [1.165, 1.54) is 18.5 Å². The van der Waals surface area contributed by atoms with E-state index in [-0.39, 0.29) is 0 Å². The summed E-state index contributed by atoms with van der Waals surface area (Å²) in [7, 11) is -2.32. The van der Waals surface area contributed by atoms with Crippen LogP contribution in [0.4, 0.5) is 10.1 Å². The number of benzene rings is 2. The number of nitrogens with zero attached hydrogens (tertiary/aromatic N) is 3. The van der Waals surface area contributed by atoms with E-state index in [1.807, 2.05) is 0 Å². The van der Waals surface area contributed by atoms with Gasteiger partial charge in [0.25, 0.3) is 10.0 Å². The molecule has 124 valence electrons. The first-order valence-electron chi connectivity index (χ1n) is 7.11. The highest BCUT2D eigenvalue weighted by Crippen LogP contribution is 2.28. The van der Waals surface area contributed by atoms with Crippen molar-refractivity contribution in [1.82, 2.24) is 14.8 Å². The van der Waals surface area contributed by atoms with Gasteiger partial charge in [-0.1, -0.05) is 18.2 Å². The minimum atomic E-state index is -4.08. The molecule has 0 spiro atoms. The van der Waals surface area contributed by atoms with Gasteiger partial charge in [-0.15, -0.1) is 10.2 Å². The molecule has 0 unspecified atom stereocenters. The van der Waals surface area contributed by atoms with E-state index in [9.17, 15) is 12.8 Å². The van der Waals surface area contributed by atoms with Crippen LogP contribution in [0.25, 0.3) is 11.4 Å². The second-order valence-electron chi connectivity index (χ2n) is 5.35. The number of aromatic nitrogens is 3. The predicted octanol–water partition coefficient (Wildman–Crippen LogP) is 2.73. The first-order chi connectivity index (χ1) is 11.4. The van der Waals surface area contributed by atoms with Crippen LogP contribution in [0.5, 0.6) is 0 Å². The van der Waals surface area contributed by atoms with Crippen LogP contribution in [-0.2, 0) is 17.1 Å². The monoisotopic (exact) mass is 346 g/mol. The van der Waals surface area contributed by atoms with Gasteiger partial charge >= 0.3 is 0 Å². The van der Waals surface area contributed by atoms with E-state index in [0.717, 1.165) is 6.07 Å². The van der Waals surface area contributed by atoms with Crippen molar-refractivity contribution in [1.29, 1.82) is 0 Å². The molecule has 1 aromatic heterocycles. The van der Waals surface area contributed by atoms with Crippen molar-refractivity contribution >= 4 is 15.7 Å². The third-order valence-corrected chi connectivity index (χ3v) is 4.88. The van der Waals surface area contributed by atoms with Gasteiger partial charge in [0, 0.05) is 12.6 Å². The molecule has 3 aromatic rings. The number of anilines is 1. The molecule has 0 aliphatic rings. The van der Waals surface area contributed by atoms with Crippen molar-refractivity contribution in [2.75, 3.05) is 4.72 Å². The number of nitrogens with one attached hydrogen (secondary N) is 1. The van der Waals surface area contributed by atoms with Crippen LogP contribution in [-0.4, -0.2) is 23.2 Å². The lowest BCUT2D eigenvalue weighted by molar-refractivity contribution is 0.570. The molecule has 0 fully saturated rings. The second-order valence-corrected chi connectivity index (χ2v) is 7.00. The minimum absolute atomic E-state index is 0.300. The van der Waals surface area contributed by atoms with Crippen molar-refractivity contribution in [2.24, 2.45) is 7.05 Å². The maximum atomic E-state index is 14.0. The number of aryl methyl sites for hydroxylation is 2. The lowest BCUT2D eigenvalue weighted by atomic mass is 10.2. The fraction of sp³-hybridized carbons (Fsp3) is 0.125. The summed E-state index contributed by atoms with van der Waals surface area (Å²) < 4.78 is 43.2. The number of para-hydroxylation sites is 1. The summed E-state index contributed by atoms with van der Waals surface area (Å²) in [6, 6.07) is 10.7. The second kappa shape index (κ2) is 6.04. The highest BCUT2D eigenvalue weighted by Gasteiger charge is 2.21. The summed E-state index contributed by atoms with van der Waals surface area (Å²) in [5, 5.41) is 7.78. The fourth-order valence-corrected chi connectivity index (χ4v) is 3.55. The third-order valence-electron chi connectivity index (χ3n) is 3.50. The summed E-state index contributed by atoms with van der Waals surface area (Å²) in [4.78, 5) is -0.393. The van der Waals surface area contributed by atoms with Crippen molar-refractivity contribution in [2.45, 2.75) is 11.8 Å². The zero-order valence-corrected chi connectivity index (χ0v) is 13.9. The standard InChI is InChI=1S/C16H15FN4O2S/c1-11-7-8-13(17)15(9-11)24(22,23)20-14-6-4-3-5-12(14)16-19-18-10-21(16)2/h3-10,20H,1-2H3. The van der Waals surface area contributed by atoms with Gasteiger partial charge in [0.2, 0.25) is 0 Å². The Morgan fingerprint density at radius 2 is 1.92 bits per heavy atom. The van der Waals surface area contributed by atoms with Crippen molar-refractivity contribution in [3.05, 3.63) is 60.2 Å². The first-order valence-corrected chi connectivity index (χ1v) is 8.59. The van der Waals surface area contributed by atoms with Crippen LogP contribution in [0.15, 0.2) is 53.7 Å².